The molecular formula is C11H17N3O. The molecule has 0 aliphatic heterocycles. The van der Waals surface area contributed by atoms with Crippen molar-refractivity contribution < 1.29 is 4.79 Å². The van der Waals surface area contributed by atoms with Gasteiger partial charge in [0.2, 0.25) is 5.91 Å². The van der Waals surface area contributed by atoms with E-state index in [1.54, 1.807) is 18.6 Å². The van der Waals surface area contributed by atoms with Gasteiger partial charge < -0.3 is 5.32 Å². The molecule has 0 bridgehead atoms. The lowest BCUT2D eigenvalue weighted by Gasteiger charge is -2.21. The third kappa shape index (κ3) is 3.31. The summed E-state index contributed by atoms with van der Waals surface area (Å²) >= 11 is 0. The molecule has 1 aromatic rings. The van der Waals surface area contributed by atoms with Crippen LogP contribution in [0.25, 0.3) is 0 Å². The number of carbonyl (C=O) groups excluding carboxylic acids is 1. The van der Waals surface area contributed by atoms with Crippen molar-refractivity contribution in [3.8, 4) is 0 Å². The summed E-state index contributed by atoms with van der Waals surface area (Å²) in [7, 11) is 0. The first-order chi connectivity index (χ1) is 6.91. The van der Waals surface area contributed by atoms with Crippen molar-refractivity contribution >= 4 is 5.91 Å². The molecule has 1 rings (SSSR count). The Hall–Kier alpha value is -1.45. The van der Waals surface area contributed by atoms with Crippen LogP contribution in [-0.2, 0) is 4.79 Å². The third-order valence-electron chi connectivity index (χ3n) is 2.06. The SMILES string of the molecule is C[C@@H](NC(=O)C(C)(C)C)c1cnccn1. The Balaban J connectivity index is 2.65. The first-order valence-corrected chi connectivity index (χ1v) is 4.98. The predicted octanol–water partition coefficient (Wildman–Crippen LogP) is 1.70. The molecule has 4 nitrogen and oxygen atoms in total. The number of nitrogens with one attached hydrogen (secondary N) is 1. The Morgan fingerprint density at radius 2 is 2.07 bits per heavy atom. The minimum atomic E-state index is -0.379. The third-order valence-corrected chi connectivity index (χ3v) is 2.06. The number of rotatable bonds is 2. The van der Waals surface area contributed by atoms with E-state index in [1.807, 2.05) is 27.7 Å². The number of hydrogen-bond donors (Lipinski definition) is 1. The molecule has 1 heterocycles. The molecule has 0 unspecified atom stereocenters. The molecule has 15 heavy (non-hydrogen) atoms. The van der Waals surface area contributed by atoms with Crippen LogP contribution in [0.4, 0.5) is 0 Å². The minimum Gasteiger partial charge on any atom is -0.347 e. The van der Waals surface area contributed by atoms with Crippen molar-refractivity contribution in [1.82, 2.24) is 15.3 Å². The molecule has 82 valence electrons. The molecular weight excluding hydrogens is 190 g/mol. The zero-order valence-electron chi connectivity index (χ0n) is 9.61. The van der Waals surface area contributed by atoms with Crippen LogP contribution in [0.3, 0.4) is 0 Å². The second kappa shape index (κ2) is 4.38. The summed E-state index contributed by atoms with van der Waals surface area (Å²) in [5.74, 6) is 0.0145. The Morgan fingerprint density at radius 1 is 1.40 bits per heavy atom. The lowest BCUT2D eigenvalue weighted by Crippen LogP contribution is -2.36. The van der Waals surface area contributed by atoms with E-state index in [4.69, 9.17) is 0 Å². The highest BCUT2D eigenvalue weighted by molar-refractivity contribution is 5.81. The summed E-state index contributed by atoms with van der Waals surface area (Å²) < 4.78 is 0. The highest BCUT2D eigenvalue weighted by Gasteiger charge is 2.23. The van der Waals surface area contributed by atoms with E-state index >= 15 is 0 Å². The summed E-state index contributed by atoms with van der Waals surface area (Å²) in [4.78, 5) is 19.8. The fourth-order valence-electron chi connectivity index (χ4n) is 1.02. The zero-order valence-corrected chi connectivity index (χ0v) is 9.61. The second-order valence-corrected chi connectivity index (χ2v) is 4.58. The van der Waals surface area contributed by atoms with E-state index in [9.17, 15) is 4.79 Å². The van der Waals surface area contributed by atoms with E-state index in [-0.39, 0.29) is 17.4 Å². The van der Waals surface area contributed by atoms with Crippen molar-refractivity contribution in [3.63, 3.8) is 0 Å². The maximum absolute atomic E-state index is 11.7. The van der Waals surface area contributed by atoms with Gasteiger partial charge in [0.1, 0.15) is 0 Å². The molecule has 1 N–H and O–H groups in total. The van der Waals surface area contributed by atoms with Crippen LogP contribution in [0.5, 0.6) is 0 Å². The van der Waals surface area contributed by atoms with Gasteiger partial charge >= 0.3 is 0 Å². The summed E-state index contributed by atoms with van der Waals surface area (Å²) in [6, 6.07) is -0.106. The highest BCUT2D eigenvalue weighted by atomic mass is 16.2. The first-order valence-electron chi connectivity index (χ1n) is 4.98. The van der Waals surface area contributed by atoms with Gasteiger partial charge in [-0.15, -0.1) is 0 Å². The van der Waals surface area contributed by atoms with E-state index in [2.05, 4.69) is 15.3 Å². The maximum atomic E-state index is 11.7. The fourth-order valence-corrected chi connectivity index (χ4v) is 1.02. The molecule has 1 aromatic heterocycles. The van der Waals surface area contributed by atoms with Gasteiger partial charge in [0, 0.05) is 17.8 Å². The normalized spacial score (nSPS) is 13.3. The van der Waals surface area contributed by atoms with Crippen molar-refractivity contribution in [1.29, 1.82) is 0 Å². The van der Waals surface area contributed by atoms with Crippen molar-refractivity contribution in [2.24, 2.45) is 5.41 Å². The number of carbonyl (C=O) groups is 1. The van der Waals surface area contributed by atoms with E-state index in [0.29, 0.717) is 0 Å². The number of nitrogens with zero attached hydrogens (tertiary/aromatic N) is 2. The van der Waals surface area contributed by atoms with Crippen molar-refractivity contribution in [2.45, 2.75) is 33.7 Å². The van der Waals surface area contributed by atoms with Crippen LogP contribution in [0.15, 0.2) is 18.6 Å². The molecule has 1 amide bonds. The van der Waals surface area contributed by atoms with Crippen LogP contribution in [0.1, 0.15) is 39.4 Å². The lowest BCUT2D eigenvalue weighted by atomic mass is 9.95. The van der Waals surface area contributed by atoms with E-state index in [0.717, 1.165) is 5.69 Å². The van der Waals surface area contributed by atoms with E-state index < -0.39 is 0 Å². The van der Waals surface area contributed by atoms with Crippen molar-refractivity contribution in [2.75, 3.05) is 0 Å². The molecule has 4 heteroatoms. The highest BCUT2D eigenvalue weighted by Crippen LogP contribution is 2.15. The van der Waals surface area contributed by atoms with Crippen LogP contribution in [0, 0.1) is 5.41 Å². The molecule has 0 aromatic carbocycles. The second-order valence-electron chi connectivity index (χ2n) is 4.58. The van der Waals surface area contributed by atoms with Gasteiger partial charge in [0.15, 0.2) is 0 Å². The lowest BCUT2D eigenvalue weighted by molar-refractivity contribution is -0.129. The number of hydrogen-bond acceptors (Lipinski definition) is 3. The van der Waals surface area contributed by atoms with Crippen molar-refractivity contribution in [3.05, 3.63) is 24.3 Å². The van der Waals surface area contributed by atoms with Crippen LogP contribution in [0.2, 0.25) is 0 Å². The standard InChI is InChI=1S/C11H17N3O/c1-8(9-7-12-5-6-13-9)14-10(15)11(2,3)4/h5-8H,1-4H3,(H,14,15)/t8-/m1/s1. The molecule has 0 aliphatic rings. The Morgan fingerprint density at radius 3 is 2.53 bits per heavy atom. The molecule has 0 saturated heterocycles. The number of aromatic nitrogens is 2. The maximum Gasteiger partial charge on any atom is 0.225 e. The molecule has 0 radical (unpaired) electrons. The molecule has 0 fully saturated rings. The summed E-state index contributed by atoms with van der Waals surface area (Å²) in [5, 5.41) is 2.89. The van der Waals surface area contributed by atoms with Gasteiger partial charge in [0.05, 0.1) is 17.9 Å². The Kier molecular flexibility index (Phi) is 3.39. The minimum absolute atomic E-state index is 0.0145. The monoisotopic (exact) mass is 207 g/mol. The van der Waals surface area contributed by atoms with Gasteiger partial charge in [-0.1, -0.05) is 20.8 Å². The predicted molar refractivity (Wildman–Crippen MR) is 58.0 cm³/mol. The summed E-state index contributed by atoms with van der Waals surface area (Å²) in [6.45, 7) is 7.54. The van der Waals surface area contributed by atoms with Crippen LogP contribution < -0.4 is 5.32 Å². The average Bonchev–Trinajstić information content (AvgIpc) is 2.17. The van der Waals surface area contributed by atoms with Gasteiger partial charge in [0.25, 0.3) is 0 Å². The topological polar surface area (TPSA) is 54.9 Å². The quantitative estimate of drug-likeness (QED) is 0.803. The van der Waals surface area contributed by atoms with Gasteiger partial charge in [-0.2, -0.15) is 0 Å². The molecule has 0 saturated carbocycles. The zero-order chi connectivity index (χ0) is 11.5. The summed E-state index contributed by atoms with van der Waals surface area (Å²) in [5.41, 5.74) is 0.395. The van der Waals surface area contributed by atoms with Crippen LogP contribution in [-0.4, -0.2) is 15.9 Å². The average molecular weight is 207 g/mol. The largest absolute Gasteiger partial charge is 0.347 e. The van der Waals surface area contributed by atoms with Gasteiger partial charge in [-0.3, -0.25) is 14.8 Å². The van der Waals surface area contributed by atoms with Gasteiger partial charge in [-0.25, -0.2) is 0 Å². The van der Waals surface area contributed by atoms with Gasteiger partial charge in [-0.05, 0) is 6.92 Å². The molecule has 1 atom stereocenters. The smallest absolute Gasteiger partial charge is 0.225 e. The summed E-state index contributed by atoms with van der Waals surface area (Å²) in [6.07, 6.45) is 4.89. The van der Waals surface area contributed by atoms with E-state index in [1.165, 1.54) is 0 Å². The fraction of sp³-hybridized carbons (Fsp3) is 0.545. The molecule has 0 spiro atoms. The Bertz CT molecular complexity index is 329. The molecule has 0 aliphatic carbocycles. The number of amides is 1. The van der Waals surface area contributed by atoms with Crippen LogP contribution >= 0.6 is 0 Å². The first kappa shape index (κ1) is 11.6. The Labute approximate surface area is 90.1 Å².